The van der Waals surface area contributed by atoms with Crippen molar-refractivity contribution in [1.82, 2.24) is 4.57 Å². The zero-order valence-corrected chi connectivity index (χ0v) is 16.6. The highest BCUT2D eigenvalue weighted by molar-refractivity contribution is 5.95. The number of rotatable bonds is 6. The van der Waals surface area contributed by atoms with Crippen molar-refractivity contribution in [3.05, 3.63) is 94.4 Å². The first-order chi connectivity index (χ1) is 13.4. The number of para-hydroxylation sites is 1. The Morgan fingerprint density at radius 3 is 2.25 bits per heavy atom. The lowest BCUT2D eigenvalue weighted by Gasteiger charge is -2.15. The zero-order valence-electron chi connectivity index (χ0n) is 16.6. The van der Waals surface area contributed by atoms with Gasteiger partial charge in [-0.25, -0.2) is 0 Å². The molecule has 1 N–H and O–H groups in total. The van der Waals surface area contributed by atoms with Crippen molar-refractivity contribution >= 4 is 11.6 Å². The Balaban J connectivity index is 1.75. The van der Waals surface area contributed by atoms with Crippen LogP contribution >= 0.6 is 0 Å². The van der Waals surface area contributed by atoms with Crippen molar-refractivity contribution in [3.8, 4) is 5.69 Å². The molecule has 144 valence electrons. The molecule has 0 aliphatic rings. The van der Waals surface area contributed by atoms with Gasteiger partial charge in [-0.05, 0) is 48.6 Å². The summed E-state index contributed by atoms with van der Waals surface area (Å²) >= 11 is 0. The van der Waals surface area contributed by atoms with Crippen LogP contribution in [0.2, 0.25) is 0 Å². The van der Waals surface area contributed by atoms with Crippen molar-refractivity contribution in [2.75, 3.05) is 5.32 Å². The molecule has 0 saturated carbocycles. The van der Waals surface area contributed by atoms with Crippen LogP contribution in [-0.2, 0) is 11.2 Å². The van der Waals surface area contributed by atoms with E-state index in [0.29, 0.717) is 11.6 Å². The number of carbonyl (C=O) groups is 1. The van der Waals surface area contributed by atoms with Crippen LogP contribution in [0.5, 0.6) is 0 Å². The molecule has 0 fully saturated rings. The Morgan fingerprint density at radius 2 is 1.61 bits per heavy atom. The monoisotopic (exact) mass is 374 g/mol. The standard InChI is InChI=1S/C24H26N2O2/c1-17(2)15-19-9-11-20(12-10-19)18(3)24(28)25-21-13-14-23(27)26(16-21)22-7-5-4-6-8-22/h4-14,16-18H,15H2,1-3H3,(H,25,28). The molecule has 0 radical (unpaired) electrons. The maximum Gasteiger partial charge on any atom is 0.255 e. The fourth-order valence-corrected chi connectivity index (χ4v) is 3.17. The van der Waals surface area contributed by atoms with Gasteiger partial charge in [-0.3, -0.25) is 14.2 Å². The first-order valence-electron chi connectivity index (χ1n) is 9.62. The maximum absolute atomic E-state index is 12.7. The Kier molecular flexibility index (Phi) is 6.09. The average molecular weight is 374 g/mol. The van der Waals surface area contributed by atoms with E-state index in [1.54, 1.807) is 12.3 Å². The number of carbonyl (C=O) groups excluding carboxylic acids is 1. The molecule has 0 bridgehead atoms. The maximum atomic E-state index is 12.7. The quantitative estimate of drug-likeness (QED) is 0.675. The molecule has 3 rings (SSSR count). The smallest absolute Gasteiger partial charge is 0.255 e. The number of pyridine rings is 1. The number of hydrogen-bond acceptors (Lipinski definition) is 2. The molecule has 2 aromatic carbocycles. The minimum atomic E-state index is -0.287. The number of anilines is 1. The van der Waals surface area contributed by atoms with E-state index in [1.807, 2.05) is 49.4 Å². The highest BCUT2D eigenvalue weighted by atomic mass is 16.2. The van der Waals surface area contributed by atoms with Crippen LogP contribution in [0.4, 0.5) is 5.69 Å². The van der Waals surface area contributed by atoms with Gasteiger partial charge >= 0.3 is 0 Å². The molecule has 3 aromatic rings. The van der Waals surface area contributed by atoms with Crippen molar-refractivity contribution < 1.29 is 4.79 Å². The highest BCUT2D eigenvalue weighted by Gasteiger charge is 2.16. The fourth-order valence-electron chi connectivity index (χ4n) is 3.17. The lowest BCUT2D eigenvalue weighted by atomic mass is 9.96. The van der Waals surface area contributed by atoms with Crippen LogP contribution in [0.15, 0.2) is 77.7 Å². The second-order valence-electron chi connectivity index (χ2n) is 7.51. The number of aromatic nitrogens is 1. The van der Waals surface area contributed by atoms with Gasteiger partial charge in [0.05, 0.1) is 11.6 Å². The minimum absolute atomic E-state index is 0.102. The van der Waals surface area contributed by atoms with Crippen molar-refractivity contribution in [3.63, 3.8) is 0 Å². The van der Waals surface area contributed by atoms with Crippen LogP contribution in [0.25, 0.3) is 5.69 Å². The van der Waals surface area contributed by atoms with Crippen LogP contribution in [0.1, 0.15) is 37.8 Å². The van der Waals surface area contributed by atoms with Gasteiger partial charge in [0.1, 0.15) is 0 Å². The zero-order chi connectivity index (χ0) is 20.1. The van der Waals surface area contributed by atoms with Gasteiger partial charge in [-0.2, -0.15) is 0 Å². The SMILES string of the molecule is CC(C)Cc1ccc(C(C)C(=O)Nc2ccc(=O)n(-c3ccccc3)c2)cc1. The van der Waals surface area contributed by atoms with Gasteiger partial charge in [0.15, 0.2) is 0 Å². The van der Waals surface area contributed by atoms with E-state index < -0.39 is 0 Å². The van der Waals surface area contributed by atoms with Gasteiger partial charge in [0, 0.05) is 18.0 Å². The summed E-state index contributed by atoms with van der Waals surface area (Å²) < 4.78 is 1.53. The second-order valence-corrected chi connectivity index (χ2v) is 7.51. The molecule has 0 aliphatic carbocycles. The number of amides is 1. The number of hydrogen-bond donors (Lipinski definition) is 1. The van der Waals surface area contributed by atoms with E-state index in [2.05, 4.69) is 31.3 Å². The topological polar surface area (TPSA) is 51.1 Å². The van der Waals surface area contributed by atoms with Gasteiger partial charge in [0.25, 0.3) is 5.56 Å². The summed E-state index contributed by atoms with van der Waals surface area (Å²) in [4.78, 5) is 24.9. The first kappa shape index (κ1) is 19.6. The first-order valence-corrected chi connectivity index (χ1v) is 9.62. The predicted molar refractivity (Wildman–Crippen MR) is 114 cm³/mol. The molecule has 1 aromatic heterocycles. The largest absolute Gasteiger partial charge is 0.324 e. The molecule has 4 heteroatoms. The lowest BCUT2D eigenvalue weighted by Crippen LogP contribution is -2.22. The normalized spacial score (nSPS) is 12.0. The molecular formula is C24H26N2O2. The summed E-state index contributed by atoms with van der Waals surface area (Å²) in [6.45, 7) is 6.28. The third-order valence-corrected chi connectivity index (χ3v) is 4.73. The number of nitrogens with one attached hydrogen (secondary N) is 1. The second kappa shape index (κ2) is 8.70. The summed E-state index contributed by atoms with van der Waals surface area (Å²) in [5, 5.41) is 2.93. The van der Waals surface area contributed by atoms with Gasteiger partial charge in [-0.1, -0.05) is 56.3 Å². The van der Waals surface area contributed by atoms with Crippen LogP contribution in [-0.4, -0.2) is 10.5 Å². The van der Waals surface area contributed by atoms with Crippen LogP contribution in [0.3, 0.4) is 0 Å². The fraction of sp³-hybridized carbons (Fsp3) is 0.250. The van der Waals surface area contributed by atoms with E-state index in [4.69, 9.17) is 0 Å². The minimum Gasteiger partial charge on any atom is -0.324 e. The third-order valence-electron chi connectivity index (χ3n) is 4.73. The van der Waals surface area contributed by atoms with E-state index in [1.165, 1.54) is 16.2 Å². The molecule has 0 saturated heterocycles. The van der Waals surface area contributed by atoms with E-state index >= 15 is 0 Å². The summed E-state index contributed by atoms with van der Waals surface area (Å²) in [7, 11) is 0. The van der Waals surface area contributed by atoms with Gasteiger partial charge < -0.3 is 5.32 Å². The number of nitrogens with zero attached hydrogens (tertiary/aromatic N) is 1. The third kappa shape index (κ3) is 4.77. The number of benzene rings is 2. The van der Waals surface area contributed by atoms with Crippen molar-refractivity contribution in [1.29, 1.82) is 0 Å². The predicted octanol–water partition coefficient (Wildman–Crippen LogP) is 4.78. The Bertz CT molecular complexity index is 989. The summed E-state index contributed by atoms with van der Waals surface area (Å²) in [5.74, 6) is 0.215. The molecule has 1 atom stereocenters. The average Bonchev–Trinajstić information content (AvgIpc) is 2.69. The summed E-state index contributed by atoms with van der Waals surface area (Å²) in [5.41, 5.74) is 3.47. The van der Waals surface area contributed by atoms with Crippen molar-refractivity contribution in [2.45, 2.75) is 33.1 Å². The van der Waals surface area contributed by atoms with Crippen molar-refractivity contribution in [2.24, 2.45) is 5.92 Å². The molecule has 1 heterocycles. The molecular weight excluding hydrogens is 348 g/mol. The van der Waals surface area contributed by atoms with Crippen LogP contribution < -0.4 is 10.9 Å². The lowest BCUT2D eigenvalue weighted by molar-refractivity contribution is -0.117. The van der Waals surface area contributed by atoms with E-state index in [0.717, 1.165) is 17.7 Å². The van der Waals surface area contributed by atoms with E-state index in [-0.39, 0.29) is 17.4 Å². The van der Waals surface area contributed by atoms with Crippen LogP contribution in [0, 0.1) is 5.92 Å². The highest BCUT2D eigenvalue weighted by Crippen LogP contribution is 2.20. The molecule has 28 heavy (non-hydrogen) atoms. The molecule has 1 amide bonds. The summed E-state index contributed by atoms with van der Waals surface area (Å²) in [6.07, 6.45) is 2.69. The van der Waals surface area contributed by atoms with Gasteiger partial charge in [0.2, 0.25) is 5.91 Å². The molecule has 1 unspecified atom stereocenters. The van der Waals surface area contributed by atoms with E-state index in [9.17, 15) is 9.59 Å². The molecule has 0 aliphatic heterocycles. The molecule has 0 spiro atoms. The Hall–Kier alpha value is -3.14. The summed E-state index contributed by atoms with van der Waals surface area (Å²) in [6, 6.07) is 20.7. The Labute approximate surface area is 165 Å². The van der Waals surface area contributed by atoms with Gasteiger partial charge in [-0.15, -0.1) is 0 Å². The molecule has 4 nitrogen and oxygen atoms in total. The Morgan fingerprint density at radius 1 is 0.929 bits per heavy atom.